The Hall–Kier alpha value is -2.93. The van der Waals surface area contributed by atoms with Crippen LogP contribution in [0.25, 0.3) is 0 Å². The fourth-order valence-electron chi connectivity index (χ4n) is 3.30. The summed E-state index contributed by atoms with van der Waals surface area (Å²) in [5.41, 5.74) is 1.83. The maximum Gasteiger partial charge on any atom is 0.338 e. The van der Waals surface area contributed by atoms with Crippen LogP contribution in [0.3, 0.4) is 0 Å². The van der Waals surface area contributed by atoms with Gasteiger partial charge in [0, 0.05) is 0 Å². The lowest BCUT2D eigenvalue weighted by Gasteiger charge is -2.38. The lowest BCUT2D eigenvalue weighted by atomic mass is 9.97. The van der Waals surface area contributed by atoms with Gasteiger partial charge in [0.25, 0.3) is 0 Å². The van der Waals surface area contributed by atoms with Gasteiger partial charge in [-0.3, -0.25) is 0 Å². The normalized spacial score (nSPS) is 24.2. The summed E-state index contributed by atoms with van der Waals surface area (Å²) in [5.74, 6) is -0.230. The predicted molar refractivity (Wildman–Crippen MR) is 104 cm³/mol. The Balaban J connectivity index is 1.50. The molecule has 1 saturated heterocycles. The van der Waals surface area contributed by atoms with Crippen molar-refractivity contribution in [2.75, 3.05) is 0 Å². The first-order valence-corrected chi connectivity index (χ1v) is 9.45. The van der Waals surface area contributed by atoms with Crippen LogP contribution in [0.4, 0.5) is 0 Å². The number of furan rings is 1. The van der Waals surface area contributed by atoms with E-state index < -0.39 is 30.4 Å². The molecule has 4 atom stereocenters. The number of hydrogen-bond acceptors (Lipinski definition) is 6. The molecule has 1 aliphatic rings. The number of hydrogen-bond donors (Lipinski definition) is 1. The molecule has 6 nitrogen and oxygen atoms in total. The molecule has 0 bridgehead atoms. The van der Waals surface area contributed by atoms with Gasteiger partial charge in [-0.15, -0.1) is 0 Å². The summed E-state index contributed by atoms with van der Waals surface area (Å²) in [7, 11) is 0. The Bertz CT molecular complexity index is 894. The second-order valence-electron chi connectivity index (χ2n) is 6.84. The molecule has 0 unspecified atom stereocenters. The Labute approximate surface area is 168 Å². The van der Waals surface area contributed by atoms with Crippen molar-refractivity contribution in [1.82, 2.24) is 0 Å². The number of rotatable bonds is 7. The zero-order chi connectivity index (χ0) is 20.1. The molecule has 0 spiro atoms. The lowest BCUT2D eigenvalue weighted by molar-refractivity contribution is -0.225. The molecule has 4 rings (SSSR count). The van der Waals surface area contributed by atoms with Crippen LogP contribution >= 0.6 is 0 Å². The molecule has 150 valence electrons. The zero-order valence-electron chi connectivity index (χ0n) is 15.7. The summed E-state index contributed by atoms with van der Waals surface area (Å²) in [6.45, 7) is 0.428. The number of cyclic esters (lactones) is 1. The second kappa shape index (κ2) is 9.05. The van der Waals surface area contributed by atoms with Crippen LogP contribution in [0.5, 0.6) is 0 Å². The molecule has 29 heavy (non-hydrogen) atoms. The SMILES string of the molecule is O=C1O[C@H](c2ccco2)[C@H](OCc2ccccc2)[C@@H](O)[C@@H]1OCc1ccccc1. The van der Waals surface area contributed by atoms with Crippen molar-refractivity contribution in [2.24, 2.45) is 0 Å². The van der Waals surface area contributed by atoms with Gasteiger partial charge in [-0.05, 0) is 23.3 Å². The van der Waals surface area contributed by atoms with Crippen molar-refractivity contribution in [3.63, 3.8) is 0 Å². The number of ether oxygens (including phenoxy) is 3. The highest BCUT2D eigenvalue weighted by Gasteiger charge is 2.48. The third-order valence-corrected chi connectivity index (χ3v) is 4.80. The Morgan fingerprint density at radius 3 is 2.03 bits per heavy atom. The summed E-state index contributed by atoms with van der Waals surface area (Å²) in [6.07, 6.45) is -2.56. The van der Waals surface area contributed by atoms with E-state index in [4.69, 9.17) is 18.6 Å². The van der Waals surface area contributed by atoms with E-state index in [1.807, 2.05) is 60.7 Å². The highest BCUT2D eigenvalue weighted by atomic mass is 16.6. The Kier molecular flexibility index (Phi) is 6.05. The molecule has 0 radical (unpaired) electrons. The number of carbonyl (C=O) groups is 1. The van der Waals surface area contributed by atoms with E-state index in [-0.39, 0.29) is 13.2 Å². The number of carbonyl (C=O) groups excluding carboxylic acids is 1. The standard InChI is InChI=1S/C23H22O6/c24-19-21(27-14-16-8-3-1-4-9-16)20(18-12-7-13-26-18)29-23(25)22(19)28-15-17-10-5-2-6-11-17/h1-13,19-22,24H,14-15H2/t19-,20-,21-,22+/m1/s1. The molecule has 0 aliphatic carbocycles. The summed E-state index contributed by atoms with van der Waals surface area (Å²) in [4.78, 5) is 12.5. The van der Waals surface area contributed by atoms with Crippen LogP contribution in [0.1, 0.15) is 23.0 Å². The zero-order valence-corrected chi connectivity index (χ0v) is 15.7. The first kappa shape index (κ1) is 19.4. The van der Waals surface area contributed by atoms with E-state index in [0.29, 0.717) is 5.76 Å². The third-order valence-electron chi connectivity index (χ3n) is 4.80. The Morgan fingerprint density at radius 1 is 0.828 bits per heavy atom. The highest BCUT2D eigenvalue weighted by molar-refractivity contribution is 5.77. The fraction of sp³-hybridized carbons (Fsp3) is 0.261. The fourth-order valence-corrected chi connectivity index (χ4v) is 3.30. The van der Waals surface area contributed by atoms with Gasteiger partial charge < -0.3 is 23.7 Å². The van der Waals surface area contributed by atoms with Gasteiger partial charge in [0.15, 0.2) is 12.2 Å². The molecule has 2 aromatic carbocycles. The largest absolute Gasteiger partial charge is 0.465 e. The van der Waals surface area contributed by atoms with Gasteiger partial charge in [-0.25, -0.2) is 4.79 Å². The molecular weight excluding hydrogens is 372 g/mol. The van der Waals surface area contributed by atoms with Crippen molar-refractivity contribution >= 4 is 5.97 Å². The minimum Gasteiger partial charge on any atom is -0.465 e. The van der Waals surface area contributed by atoms with Crippen molar-refractivity contribution in [1.29, 1.82) is 0 Å². The summed E-state index contributed by atoms with van der Waals surface area (Å²) in [5, 5.41) is 10.9. The molecule has 1 aliphatic heterocycles. The summed E-state index contributed by atoms with van der Waals surface area (Å²) in [6, 6.07) is 22.4. The van der Waals surface area contributed by atoms with Gasteiger partial charge in [-0.2, -0.15) is 0 Å². The lowest BCUT2D eigenvalue weighted by Crippen LogP contribution is -2.54. The van der Waals surface area contributed by atoms with Crippen LogP contribution in [0, 0.1) is 0 Å². The number of esters is 1. The van der Waals surface area contributed by atoms with Gasteiger partial charge in [0.1, 0.15) is 18.0 Å². The van der Waals surface area contributed by atoms with Gasteiger partial charge >= 0.3 is 5.97 Å². The van der Waals surface area contributed by atoms with Crippen LogP contribution in [0.15, 0.2) is 83.5 Å². The van der Waals surface area contributed by atoms with Crippen LogP contribution in [-0.2, 0) is 32.2 Å². The van der Waals surface area contributed by atoms with E-state index in [9.17, 15) is 9.90 Å². The van der Waals surface area contributed by atoms with E-state index in [0.717, 1.165) is 11.1 Å². The number of aliphatic hydroxyl groups excluding tert-OH is 1. The van der Waals surface area contributed by atoms with E-state index in [1.54, 1.807) is 12.1 Å². The average molecular weight is 394 g/mol. The minimum absolute atomic E-state index is 0.175. The van der Waals surface area contributed by atoms with E-state index >= 15 is 0 Å². The first-order valence-electron chi connectivity index (χ1n) is 9.45. The molecular formula is C23H22O6. The van der Waals surface area contributed by atoms with Gasteiger partial charge in [0.05, 0.1) is 19.5 Å². The molecule has 6 heteroatoms. The summed E-state index contributed by atoms with van der Waals surface area (Å²) < 4.78 is 22.7. The molecule has 0 amide bonds. The highest BCUT2D eigenvalue weighted by Crippen LogP contribution is 2.34. The quantitative estimate of drug-likeness (QED) is 0.619. The molecule has 1 N–H and O–H groups in total. The van der Waals surface area contributed by atoms with Gasteiger partial charge in [-0.1, -0.05) is 60.7 Å². The van der Waals surface area contributed by atoms with Crippen molar-refractivity contribution in [3.8, 4) is 0 Å². The maximum absolute atomic E-state index is 12.5. The minimum atomic E-state index is -1.21. The van der Waals surface area contributed by atoms with Gasteiger partial charge in [0.2, 0.25) is 0 Å². The van der Waals surface area contributed by atoms with Crippen LogP contribution in [0.2, 0.25) is 0 Å². The topological polar surface area (TPSA) is 78.1 Å². The summed E-state index contributed by atoms with van der Waals surface area (Å²) >= 11 is 0. The number of benzene rings is 2. The van der Waals surface area contributed by atoms with Crippen molar-refractivity contribution in [2.45, 2.75) is 37.6 Å². The maximum atomic E-state index is 12.5. The van der Waals surface area contributed by atoms with Crippen molar-refractivity contribution in [3.05, 3.63) is 95.9 Å². The molecule has 1 aromatic heterocycles. The molecule has 2 heterocycles. The smallest absolute Gasteiger partial charge is 0.338 e. The molecule has 1 fully saturated rings. The first-order chi connectivity index (χ1) is 14.2. The van der Waals surface area contributed by atoms with E-state index in [2.05, 4.69) is 0 Å². The predicted octanol–water partition coefficient (Wildman–Crippen LogP) is 3.41. The van der Waals surface area contributed by atoms with Crippen LogP contribution < -0.4 is 0 Å². The molecule has 0 saturated carbocycles. The second-order valence-corrected chi connectivity index (χ2v) is 6.84. The van der Waals surface area contributed by atoms with Crippen molar-refractivity contribution < 1.29 is 28.5 Å². The van der Waals surface area contributed by atoms with E-state index in [1.165, 1.54) is 6.26 Å². The monoisotopic (exact) mass is 394 g/mol. The molecule has 3 aromatic rings. The number of aliphatic hydroxyl groups is 1. The van der Waals surface area contributed by atoms with Crippen LogP contribution in [-0.4, -0.2) is 29.4 Å². The average Bonchev–Trinajstić information content (AvgIpc) is 3.29. The third kappa shape index (κ3) is 4.56. The Morgan fingerprint density at radius 2 is 1.45 bits per heavy atom.